The Hall–Kier alpha value is -6.12. The van der Waals surface area contributed by atoms with Crippen molar-refractivity contribution in [3.05, 3.63) is 146 Å². The van der Waals surface area contributed by atoms with Gasteiger partial charge in [0, 0.05) is 35.6 Å². The minimum Gasteiger partial charge on any atom is -0.264 e. The molecule has 0 aliphatic rings. The van der Waals surface area contributed by atoms with Crippen molar-refractivity contribution >= 4 is 108 Å². The van der Waals surface area contributed by atoms with Crippen molar-refractivity contribution in [3.63, 3.8) is 0 Å². The largest absolute Gasteiger partial charge is 0.264 e. The highest BCUT2D eigenvalue weighted by atomic mass is 14.6. The molecule has 0 N–H and O–H groups in total. The summed E-state index contributed by atoms with van der Waals surface area (Å²) in [5, 5.41) is 25.1. The third kappa shape index (κ3) is 3.10. The molecular formula is C44H24N2. The molecule has 0 fully saturated rings. The van der Waals surface area contributed by atoms with E-state index in [0.717, 1.165) is 0 Å². The Balaban J connectivity index is 1.50. The normalized spacial score (nSPS) is 12.3. The van der Waals surface area contributed by atoms with Crippen LogP contribution < -0.4 is 0 Å². The van der Waals surface area contributed by atoms with Crippen molar-refractivity contribution in [3.8, 4) is 0 Å². The fourth-order valence-electron chi connectivity index (χ4n) is 8.26. The first-order valence-corrected chi connectivity index (χ1v) is 15.8. The van der Waals surface area contributed by atoms with Gasteiger partial charge in [-0.15, -0.1) is 0 Å². The van der Waals surface area contributed by atoms with Crippen LogP contribution in [-0.4, -0.2) is 9.97 Å². The molecule has 0 atom stereocenters. The molecule has 0 spiro atoms. The zero-order chi connectivity index (χ0) is 29.9. The van der Waals surface area contributed by atoms with E-state index in [9.17, 15) is 0 Å². The van der Waals surface area contributed by atoms with Crippen molar-refractivity contribution in [2.24, 2.45) is 0 Å². The Kier molecular flexibility index (Phi) is 4.61. The molecule has 0 bridgehead atoms. The topological polar surface area (TPSA) is 25.8 Å². The van der Waals surface area contributed by atoms with Crippen molar-refractivity contribution in [2.75, 3.05) is 0 Å². The number of hydrogen-bond donors (Lipinski definition) is 0. The molecule has 9 aromatic carbocycles. The number of aromatic nitrogens is 2. The van der Waals surface area contributed by atoms with Crippen molar-refractivity contribution in [1.29, 1.82) is 0 Å². The van der Waals surface area contributed by atoms with Crippen LogP contribution in [0.2, 0.25) is 0 Å². The summed E-state index contributed by atoms with van der Waals surface area (Å²) in [6, 6.07) is 45.2. The van der Waals surface area contributed by atoms with Gasteiger partial charge in [-0.1, -0.05) is 109 Å². The molecule has 2 nitrogen and oxygen atoms in total. The van der Waals surface area contributed by atoms with Gasteiger partial charge in [0.25, 0.3) is 0 Å². The second-order valence-corrected chi connectivity index (χ2v) is 12.6. The molecule has 0 amide bonds. The molecule has 0 unspecified atom stereocenters. The number of benzene rings is 9. The molecule has 0 radical (unpaired) electrons. The molecule has 0 saturated carbocycles. The van der Waals surface area contributed by atoms with Gasteiger partial charge in [-0.2, -0.15) is 0 Å². The molecule has 0 aliphatic heterocycles. The van der Waals surface area contributed by atoms with Gasteiger partial charge in [-0.25, -0.2) is 0 Å². The lowest BCUT2D eigenvalue weighted by molar-refractivity contribution is 1.37. The maximum absolute atomic E-state index is 4.59. The lowest BCUT2D eigenvalue weighted by atomic mass is 9.86. The second-order valence-electron chi connectivity index (χ2n) is 12.6. The third-order valence-electron chi connectivity index (χ3n) is 10.3. The average molecular weight is 581 g/mol. The highest BCUT2D eigenvalue weighted by Gasteiger charge is 2.17. The average Bonchev–Trinajstić information content (AvgIpc) is 3.13. The molecule has 2 aromatic heterocycles. The zero-order valence-electron chi connectivity index (χ0n) is 24.8. The van der Waals surface area contributed by atoms with Gasteiger partial charge >= 0.3 is 0 Å². The summed E-state index contributed by atoms with van der Waals surface area (Å²) < 4.78 is 0. The van der Waals surface area contributed by atoms with E-state index < -0.39 is 0 Å². The molecule has 46 heavy (non-hydrogen) atoms. The van der Waals surface area contributed by atoms with E-state index in [0.29, 0.717) is 0 Å². The highest BCUT2D eigenvalue weighted by molar-refractivity contribution is 6.41. The Bertz CT molecular complexity index is 2880. The Labute approximate surface area is 263 Å². The Morgan fingerprint density at radius 2 is 0.435 bits per heavy atom. The summed E-state index contributed by atoms with van der Waals surface area (Å²) in [7, 11) is 0. The van der Waals surface area contributed by atoms with Gasteiger partial charge in [-0.05, 0) is 109 Å². The molecular weight excluding hydrogens is 556 g/mol. The minimum absolute atomic E-state index is 1.19. The quantitative estimate of drug-likeness (QED) is 0.167. The van der Waals surface area contributed by atoms with Gasteiger partial charge in [0.15, 0.2) is 0 Å². The van der Waals surface area contributed by atoms with Crippen LogP contribution in [0.3, 0.4) is 0 Å². The van der Waals surface area contributed by atoms with Gasteiger partial charge in [0.05, 0.1) is 0 Å². The molecule has 210 valence electrons. The van der Waals surface area contributed by atoms with Crippen LogP contribution in [0.4, 0.5) is 0 Å². The summed E-state index contributed by atoms with van der Waals surface area (Å²) in [6.45, 7) is 0. The van der Waals surface area contributed by atoms with E-state index in [4.69, 9.17) is 0 Å². The second kappa shape index (κ2) is 8.74. The van der Waals surface area contributed by atoms with Crippen LogP contribution in [0.1, 0.15) is 0 Å². The first-order chi connectivity index (χ1) is 22.8. The van der Waals surface area contributed by atoms with E-state index in [1.165, 1.54) is 108 Å². The van der Waals surface area contributed by atoms with Gasteiger partial charge in [0.1, 0.15) is 0 Å². The molecule has 0 aliphatic carbocycles. The SMILES string of the molecule is c1cc2ccc3ccc4ccc5ccc6ccc7ccc8ccc9ccc%10ccc%11ccncc%11c%10c9c8c7c6c5c4c3c2cn1. The standard InChI is InChI=1S/C44H24N2/c1-3-27-5-7-29-9-11-31-13-15-33-17-18-34-16-14-32-12-10-30-8-6-28-4-2-26-20-22-46-24-36(26)38(28)40(30)42(32)44(34)43(33)41(31)39(29)37(27)35-23-45-21-19-25(1)35/h1-24H. The van der Waals surface area contributed by atoms with E-state index in [1.54, 1.807) is 0 Å². The fourth-order valence-corrected chi connectivity index (χ4v) is 8.26. The number of hydrogen-bond acceptors (Lipinski definition) is 2. The maximum Gasteiger partial charge on any atom is 0.0352 e. The lowest BCUT2D eigenvalue weighted by Gasteiger charge is -2.17. The van der Waals surface area contributed by atoms with Crippen molar-refractivity contribution in [2.45, 2.75) is 0 Å². The smallest absolute Gasteiger partial charge is 0.0352 e. The number of pyridine rings is 2. The van der Waals surface area contributed by atoms with E-state index >= 15 is 0 Å². The van der Waals surface area contributed by atoms with Gasteiger partial charge in [0.2, 0.25) is 0 Å². The number of rotatable bonds is 0. The monoisotopic (exact) mass is 580 g/mol. The minimum atomic E-state index is 1.19. The van der Waals surface area contributed by atoms with Crippen LogP contribution >= 0.6 is 0 Å². The predicted molar refractivity (Wildman–Crippen MR) is 197 cm³/mol. The van der Waals surface area contributed by atoms with Crippen molar-refractivity contribution in [1.82, 2.24) is 9.97 Å². The summed E-state index contributed by atoms with van der Waals surface area (Å²) in [4.78, 5) is 9.17. The molecule has 11 rings (SSSR count). The van der Waals surface area contributed by atoms with Crippen LogP contribution in [0.15, 0.2) is 146 Å². The van der Waals surface area contributed by atoms with Gasteiger partial charge < -0.3 is 0 Å². The summed E-state index contributed by atoms with van der Waals surface area (Å²) in [5.41, 5.74) is 0. The number of fused-ring (bicyclic) bond motifs is 19. The van der Waals surface area contributed by atoms with Crippen molar-refractivity contribution < 1.29 is 0 Å². The van der Waals surface area contributed by atoms with Gasteiger partial charge in [-0.3, -0.25) is 9.97 Å². The lowest BCUT2D eigenvalue weighted by Crippen LogP contribution is -1.89. The van der Waals surface area contributed by atoms with E-state index in [-0.39, 0.29) is 0 Å². The van der Waals surface area contributed by atoms with Crippen LogP contribution in [0.25, 0.3) is 108 Å². The summed E-state index contributed by atoms with van der Waals surface area (Å²) in [5.74, 6) is 0. The summed E-state index contributed by atoms with van der Waals surface area (Å²) >= 11 is 0. The van der Waals surface area contributed by atoms with Crippen LogP contribution in [-0.2, 0) is 0 Å². The molecule has 0 saturated heterocycles. The molecule has 2 heterocycles. The predicted octanol–water partition coefficient (Wildman–Crippen LogP) is 12.0. The zero-order valence-corrected chi connectivity index (χ0v) is 24.8. The highest BCUT2D eigenvalue weighted by Crippen LogP contribution is 2.45. The Morgan fingerprint density at radius 3 is 0.717 bits per heavy atom. The Morgan fingerprint density at radius 1 is 0.217 bits per heavy atom. The molecule has 2 heteroatoms. The summed E-state index contributed by atoms with van der Waals surface area (Å²) in [6.07, 6.45) is 7.85. The fraction of sp³-hybridized carbons (Fsp3) is 0. The first-order valence-electron chi connectivity index (χ1n) is 15.8. The van der Waals surface area contributed by atoms with Crippen LogP contribution in [0, 0.1) is 0 Å². The van der Waals surface area contributed by atoms with Crippen LogP contribution in [0.5, 0.6) is 0 Å². The van der Waals surface area contributed by atoms with E-state index in [1.807, 2.05) is 24.8 Å². The van der Waals surface area contributed by atoms with E-state index in [2.05, 4.69) is 131 Å². The first kappa shape index (κ1) is 24.2. The maximum atomic E-state index is 4.59. The third-order valence-corrected chi connectivity index (χ3v) is 10.3. The number of nitrogens with zero attached hydrogens (tertiary/aromatic N) is 2. The molecule has 11 aromatic rings.